The van der Waals surface area contributed by atoms with E-state index in [0.29, 0.717) is 12.6 Å². The van der Waals surface area contributed by atoms with Crippen molar-refractivity contribution < 1.29 is 9.59 Å². The van der Waals surface area contributed by atoms with Crippen molar-refractivity contribution in [2.75, 3.05) is 13.1 Å². The van der Waals surface area contributed by atoms with Crippen LogP contribution in [0.15, 0.2) is 0 Å². The average Bonchev–Trinajstić information content (AvgIpc) is 3.21. The van der Waals surface area contributed by atoms with E-state index in [-0.39, 0.29) is 23.7 Å². The Morgan fingerprint density at radius 3 is 2.41 bits per heavy atom. The van der Waals surface area contributed by atoms with Gasteiger partial charge in [0, 0.05) is 25.0 Å². The van der Waals surface area contributed by atoms with Crippen LogP contribution in [-0.2, 0) is 9.59 Å². The molecular formula is C13H20N2O2. The molecule has 4 nitrogen and oxygen atoms in total. The van der Waals surface area contributed by atoms with Gasteiger partial charge in [-0.15, -0.1) is 0 Å². The van der Waals surface area contributed by atoms with Crippen LogP contribution in [0.2, 0.25) is 0 Å². The van der Waals surface area contributed by atoms with E-state index < -0.39 is 0 Å². The first-order chi connectivity index (χ1) is 8.24. The highest BCUT2D eigenvalue weighted by molar-refractivity contribution is 5.83. The third-order valence-electron chi connectivity index (χ3n) is 3.95. The van der Waals surface area contributed by atoms with E-state index >= 15 is 0 Å². The molecule has 0 radical (unpaired) electrons. The first kappa shape index (κ1) is 11.1. The van der Waals surface area contributed by atoms with Gasteiger partial charge in [0.2, 0.25) is 11.8 Å². The highest BCUT2D eigenvalue weighted by Crippen LogP contribution is 2.32. The molecule has 3 aliphatic rings. The van der Waals surface area contributed by atoms with Crippen molar-refractivity contribution in [2.45, 2.75) is 44.6 Å². The van der Waals surface area contributed by atoms with Crippen LogP contribution in [0.4, 0.5) is 0 Å². The summed E-state index contributed by atoms with van der Waals surface area (Å²) in [5, 5.41) is 3.05. The lowest BCUT2D eigenvalue weighted by Gasteiger charge is -2.32. The molecule has 0 aromatic carbocycles. The highest BCUT2D eigenvalue weighted by atomic mass is 16.2. The second kappa shape index (κ2) is 4.31. The van der Waals surface area contributed by atoms with Gasteiger partial charge < -0.3 is 10.2 Å². The van der Waals surface area contributed by atoms with E-state index in [2.05, 4.69) is 5.32 Å². The van der Waals surface area contributed by atoms with E-state index in [1.165, 1.54) is 0 Å². The number of piperidine rings is 1. The number of hydrogen-bond acceptors (Lipinski definition) is 2. The number of rotatable bonds is 3. The third-order valence-corrected chi connectivity index (χ3v) is 3.95. The molecule has 1 saturated heterocycles. The summed E-state index contributed by atoms with van der Waals surface area (Å²) in [7, 11) is 0. The fraction of sp³-hybridized carbons (Fsp3) is 0.846. The summed E-state index contributed by atoms with van der Waals surface area (Å²) in [6.45, 7) is 1.50. The Balaban J connectivity index is 1.54. The monoisotopic (exact) mass is 236 g/mol. The van der Waals surface area contributed by atoms with Gasteiger partial charge in [0.15, 0.2) is 0 Å². The molecule has 3 rings (SSSR count). The highest BCUT2D eigenvalue weighted by Gasteiger charge is 2.37. The van der Waals surface area contributed by atoms with Gasteiger partial charge in [-0.05, 0) is 38.5 Å². The van der Waals surface area contributed by atoms with Crippen LogP contribution in [0, 0.1) is 11.8 Å². The van der Waals surface area contributed by atoms with E-state index in [4.69, 9.17) is 0 Å². The van der Waals surface area contributed by atoms with Crippen LogP contribution in [-0.4, -0.2) is 35.8 Å². The number of hydrogen-bond donors (Lipinski definition) is 1. The van der Waals surface area contributed by atoms with Gasteiger partial charge in [-0.25, -0.2) is 0 Å². The third kappa shape index (κ3) is 2.61. The number of carbonyl (C=O) groups is 2. The summed E-state index contributed by atoms with van der Waals surface area (Å²) in [5.74, 6) is 0.766. The molecule has 0 aromatic rings. The lowest BCUT2D eigenvalue weighted by molar-refractivity contribution is -0.136. The van der Waals surface area contributed by atoms with Gasteiger partial charge in [-0.1, -0.05) is 0 Å². The molecule has 0 aromatic heterocycles. The first-order valence-electron chi connectivity index (χ1n) is 6.83. The van der Waals surface area contributed by atoms with Gasteiger partial charge in [0.1, 0.15) is 0 Å². The molecule has 2 saturated carbocycles. The van der Waals surface area contributed by atoms with Gasteiger partial charge in [-0.2, -0.15) is 0 Å². The Morgan fingerprint density at radius 1 is 1.00 bits per heavy atom. The lowest BCUT2D eigenvalue weighted by Crippen LogP contribution is -2.46. The quantitative estimate of drug-likeness (QED) is 0.792. The largest absolute Gasteiger partial charge is 0.353 e. The molecule has 1 atom stereocenters. The maximum Gasteiger partial charge on any atom is 0.225 e. The summed E-state index contributed by atoms with van der Waals surface area (Å²) in [5.41, 5.74) is 0. The van der Waals surface area contributed by atoms with Crippen molar-refractivity contribution in [3.63, 3.8) is 0 Å². The number of likely N-dealkylation sites (tertiary alicyclic amines) is 1. The zero-order valence-corrected chi connectivity index (χ0v) is 10.2. The molecule has 0 spiro atoms. The van der Waals surface area contributed by atoms with Crippen molar-refractivity contribution in [2.24, 2.45) is 11.8 Å². The standard InChI is InChI=1S/C13H20N2O2/c16-12(14-11-5-6-11)10-2-1-7-15(8-10)13(17)9-3-4-9/h9-11H,1-8H2,(H,14,16). The molecule has 1 heterocycles. The summed E-state index contributed by atoms with van der Waals surface area (Å²) < 4.78 is 0. The number of nitrogens with zero attached hydrogens (tertiary/aromatic N) is 1. The molecule has 1 aliphatic heterocycles. The Kier molecular flexibility index (Phi) is 2.81. The van der Waals surface area contributed by atoms with Crippen molar-refractivity contribution in [3.8, 4) is 0 Å². The Morgan fingerprint density at radius 2 is 1.76 bits per heavy atom. The molecule has 17 heavy (non-hydrogen) atoms. The van der Waals surface area contributed by atoms with Crippen molar-refractivity contribution in [1.29, 1.82) is 0 Å². The minimum Gasteiger partial charge on any atom is -0.353 e. The van der Waals surface area contributed by atoms with Gasteiger partial charge in [0.05, 0.1) is 5.92 Å². The number of carbonyl (C=O) groups excluding carboxylic acids is 2. The SMILES string of the molecule is O=C(NC1CC1)C1CCCN(C(=O)C2CC2)C1. The first-order valence-corrected chi connectivity index (χ1v) is 6.83. The fourth-order valence-electron chi connectivity index (χ4n) is 2.53. The van der Waals surface area contributed by atoms with Crippen molar-refractivity contribution >= 4 is 11.8 Å². The van der Waals surface area contributed by atoms with Gasteiger partial charge in [0.25, 0.3) is 0 Å². The maximum absolute atomic E-state index is 12.0. The molecule has 3 fully saturated rings. The van der Waals surface area contributed by atoms with Crippen LogP contribution in [0.1, 0.15) is 38.5 Å². The summed E-state index contributed by atoms with van der Waals surface area (Å²) in [6.07, 6.45) is 6.27. The lowest BCUT2D eigenvalue weighted by atomic mass is 9.96. The molecule has 4 heteroatoms. The second-order valence-corrected chi connectivity index (χ2v) is 5.68. The maximum atomic E-state index is 12.0. The fourth-order valence-corrected chi connectivity index (χ4v) is 2.53. The zero-order chi connectivity index (χ0) is 11.8. The smallest absolute Gasteiger partial charge is 0.225 e. The number of amides is 2. The number of nitrogens with one attached hydrogen (secondary N) is 1. The molecule has 0 bridgehead atoms. The molecule has 2 amide bonds. The predicted octanol–water partition coefficient (Wildman–Crippen LogP) is 0.914. The van der Waals surface area contributed by atoms with Crippen LogP contribution in [0.25, 0.3) is 0 Å². The molecule has 1 unspecified atom stereocenters. The van der Waals surface area contributed by atoms with Crippen LogP contribution < -0.4 is 5.32 Å². The summed E-state index contributed by atoms with van der Waals surface area (Å²) in [6, 6.07) is 0.428. The van der Waals surface area contributed by atoms with E-state index in [1.807, 2.05) is 4.90 Å². The van der Waals surface area contributed by atoms with Crippen molar-refractivity contribution in [3.05, 3.63) is 0 Å². The van der Waals surface area contributed by atoms with Gasteiger partial charge in [-0.3, -0.25) is 9.59 Å². The molecule has 2 aliphatic carbocycles. The minimum absolute atomic E-state index is 0.0343. The van der Waals surface area contributed by atoms with E-state index in [9.17, 15) is 9.59 Å². The average molecular weight is 236 g/mol. The predicted molar refractivity (Wildman–Crippen MR) is 63.2 cm³/mol. The molecule has 1 N–H and O–H groups in total. The van der Waals surface area contributed by atoms with Crippen LogP contribution >= 0.6 is 0 Å². The minimum atomic E-state index is 0.0343. The normalized spacial score (nSPS) is 28.9. The summed E-state index contributed by atoms with van der Waals surface area (Å²) >= 11 is 0. The summed E-state index contributed by atoms with van der Waals surface area (Å²) in [4.78, 5) is 25.8. The van der Waals surface area contributed by atoms with Crippen LogP contribution in [0.5, 0.6) is 0 Å². The van der Waals surface area contributed by atoms with Crippen LogP contribution in [0.3, 0.4) is 0 Å². The van der Waals surface area contributed by atoms with Gasteiger partial charge >= 0.3 is 0 Å². The Hall–Kier alpha value is -1.06. The molecular weight excluding hydrogens is 216 g/mol. The molecule has 94 valence electrons. The Labute approximate surface area is 102 Å². The van der Waals surface area contributed by atoms with Crippen molar-refractivity contribution in [1.82, 2.24) is 10.2 Å². The second-order valence-electron chi connectivity index (χ2n) is 5.68. The van der Waals surface area contributed by atoms with E-state index in [1.54, 1.807) is 0 Å². The Bertz CT molecular complexity index is 334. The zero-order valence-electron chi connectivity index (χ0n) is 10.2. The topological polar surface area (TPSA) is 49.4 Å². The van der Waals surface area contributed by atoms with E-state index in [0.717, 1.165) is 45.1 Å².